The topological polar surface area (TPSA) is 63.2 Å². The molecule has 14 heteroatoms. The Morgan fingerprint density at radius 2 is 0.600 bits per heavy atom. The zero-order valence-corrected chi connectivity index (χ0v) is 36.8. The molecule has 0 atom stereocenters. The van der Waals surface area contributed by atoms with Crippen LogP contribution in [-0.4, -0.2) is 19.9 Å². The first kappa shape index (κ1) is 40.4. The normalized spacial score (nSPS) is 13.4. The van der Waals surface area contributed by atoms with Gasteiger partial charge in [0.25, 0.3) is 0 Å². The first-order chi connectivity index (χ1) is 28.7. The molecule has 0 saturated carbocycles. The Balaban J connectivity index is 1.43. The van der Waals surface area contributed by atoms with Crippen LogP contribution in [0, 0.1) is 0 Å². The number of rotatable bonds is 4. The molecular weight excluding hydrogens is 1040 g/mol. The van der Waals surface area contributed by atoms with Crippen LogP contribution in [0.1, 0.15) is 56.2 Å². The minimum Gasteiger partial charge on any atom is -0.354 e. The quantitative estimate of drug-likeness (QED) is 0.127. The number of nitrogens with one attached hydrogen (secondary N) is 4. The van der Waals surface area contributed by atoms with Gasteiger partial charge in [-0.25, -0.2) is 0 Å². The monoisotopic (exact) mass is 1060 g/mol. The fourth-order valence-electron chi connectivity index (χ4n) is 7.61. The third kappa shape index (κ3) is 7.41. The number of H-pyrrole nitrogens is 4. The SMILES string of the molecule is FC(F)(F)c1ccc(C2=c3ccc([nH]3)=C(c3c(Br)cccc3Br)c3ccc([nH]3)C(c3ccc(C(F)(F)F)cc3)=c3ccc([nH]3)=C(c3c(Br)cccc3Br)c3ccc2[nH]3)cc1. The van der Waals surface area contributed by atoms with E-state index in [-0.39, 0.29) is 0 Å². The minimum absolute atomic E-state index is 0.540. The van der Waals surface area contributed by atoms with Crippen molar-refractivity contribution in [3.05, 3.63) is 229 Å². The maximum Gasteiger partial charge on any atom is 0.416 e. The van der Waals surface area contributed by atoms with Crippen molar-refractivity contribution in [1.82, 2.24) is 19.9 Å². The van der Waals surface area contributed by atoms with Crippen LogP contribution in [0.25, 0.3) is 22.3 Å². The molecule has 4 nitrogen and oxygen atoms in total. The van der Waals surface area contributed by atoms with Gasteiger partial charge in [0.05, 0.1) is 11.1 Å². The first-order valence-corrected chi connectivity index (χ1v) is 21.3. The molecule has 8 bridgehead atoms. The van der Waals surface area contributed by atoms with Crippen LogP contribution in [0.3, 0.4) is 0 Å². The Hall–Kier alpha value is -5.02. The summed E-state index contributed by atoms with van der Waals surface area (Å²) < 4.78 is 85.9. The first-order valence-electron chi connectivity index (χ1n) is 18.2. The molecular formula is C46H26Br4F6N4. The third-order valence-electron chi connectivity index (χ3n) is 10.3. The van der Waals surface area contributed by atoms with Crippen LogP contribution in [-0.2, 0) is 12.4 Å². The molecule has 5 heterocycles. The highest BCUT2D eigenvalue weighted by atomic mass is 79.9. The predicted octanol–water partition coefficient (Wildman–Crippen LogP) is 11.4. The fraction of sp³-hybridized carbons (Fsp3) is 0.0435. The molecule has 4 aromatic carbocycles. The third-order valence-corrected chi connectivity index (χ3v) is 13.0. The fourth-order valence-corrected chi connectivity index (χ4v) is 10.4. The molecule has 4 N–H and O–H groups in total. The number of hydrogen-bond acceptors (Lipinski definition) is 0. The largest absolute Gasteiger partial charge is 0.416 e. The van der Waals surface area contributed by atoms with Gasteiger partial charge in [-0.3, -0.25) is 0 Å². The van der Waals surface area contributed by atoms with Crippen molar-refractivity contribution in [3.8, 4) is 0 Å². The number of hydrogen-bond donors (Lipinski definition) is 4. The lowest BCUT2D eigenvalue weighted by Gasteiger charge is -2.13. The maximum absolute atomic E-state index is 13.8. The van der Waals surface area contributed by atoms with E-state index in [4.69, 9.17) is 0 Å². The van der Waals surface area contributed by atoms with Crippen molar-refractivity contribution in [1.29, 1.82) is 0 Å². The van der Waals surface area contributed by atoms with Gasteiger partial charge in [0, 0.05) is 95.5 Å². The Bertz CT molecular complexity index is 2960. The molecule has 1 aliphatic rings. The van der Waals surface area contributed by atoms with Gasteiger partial charge < -0.3 is 19.9 Å². The van der Waals surface area contributed by atoms with E-state index >= 15 is 0 Å². The summed E-state index contributed by atoms with van der Waals surface area (Å²) in [5.41, 5.74) is 6.50. The number of fused-ring (bicyclic) bond motifs is 8. The van der Waals surface area contributed by atoms with E-state index in [1.54, 1.807) is 0 Å². The van der Waals surface area contributed by atoms with Gasteiger partial charge in [-0.2, -0.15) is 26.3 Å². The van der Waals surface area contributed by atoms with Crippen LogP contribution in [0.5, 0.6) is 0 Å². The van der Waals surface area contributed by atoms with Gasteiger partial charge >= 0.3 is 12.4 Å². The Morgan fingerprint density at radius 1 is 0.317 bits per heavy atom. The molecule has 9 rings (SSSR count). The maximum atomic E-state index is 13.8. The summed E-state index contributed by atoms with van der Waals surface area (Å²) >= 11 is 15.0. The van der Waals surface area contributed by atoms with Gasteiger partial charge in [0.1, 0.15) is 0 Å². The van der Waals surface area contributed by atoms with Crippen molar-refractivity contribution in [2.75, 3.05) is 0 Å². The van der Waals surface area contributed by atoms with Crippen LogP contribution < -0.4 is 21.4 Å². The van der Waals surface area contributed by atoms with E-state index in [9.17, 15) is 26.3 Å². The average molecular weight is 1070 g/mol. The summed E-state index contributed by atoms with van der Waals surface area (Å²) in [6, 6.07) is 36.8. The lowest BCUT2D eigenvalue weighted by atomic mass is 10.0. The molecule has 0 saturated heterocycles. The summed E-state index contributed by atoms with van der Waals surface area (Å²) in [6.45, 7) is 0. The molecule has 0 spiro atoms. The van der Waals surface area contributed by atoms with Crippen molar-refractivity contribution in [3.63, 3.8) is 0 Å². The second kappa shape index (κ2) is 15.5. The van der Waals surface area contributed by atoms with Crippen molar-refractivity contribution >= 4 is 86.0 Å². The standard InChI is InChI=1S/C46H26Br4F6N4/c47-27-3-1-4-28(48)41(27)43-35-19-15-31(57-35)39(23-7-11-25(12-8-23)45(51,52)53)33-17-21-37(59-33)44(42-29(49)5-2-6-30(42)50)38-22-18-34(60-38)40(32-16-20-36(43)58-32)24-9-13-26(14-10-24)46(54,55)56/h1-22,57-60H. The van der Waals surface area contributed by atoms with Gasteiger partial charge in [-0.05, 0) is 108 Å². The minimum atomic E-state index is -4.52. The molecule has 0 amide bonds. The van der Waals surface area contributed by atoms with Crippen molar-refractivity contribution in [2.45, 2.75) is 12.4 Å². The lowest BCUT2D eigenvalue weighted by molar-refractivity contribution is -0.138. The number of benzene rings is 4. The molecule has 60 heavy (non-hydrogen) atoms. The molecule has 1 aliphatic heterocycles. The number of aromatic nitrogens is 4. The van der Waals surface area contributed by atoms with E-state index < -0.39 is 23.5 Å². The molecule has 0 radical (unpaired) electrons. The summed E-state index contributed by atoms with van der Waals surface area (Å²) in [7, 11) is 0. The second-order valence-corrected chi connectivity index (χ2v) is 17.4. The van der Waals surface area contributed by atoms with Gasteiger partial charge in [-0.1, -0.05) is 100 Å². The molecule has 0 aliphatic carbocycles. The molecule has 0 fully saturated rings. The lowest BCUT2D eigenvalue weighted by Crippen LogP contribution is -2.19. The van der Waals surface area contributed by atoms with E-state index in [0.29, 0.717) is 66.4 Å². The smallest absolute Gasteiger partial charge is 0.354 e. The van der Waals surface area contributed by atoms with Crippen molar-refractivity contribution in [2.24, 2.45) is 0 Å². The zero-order chi connectivity index (χ0) is 42.1. The number of aromatic amines is 4. The van der Waals surface area contributed by atoms with Gasteiger partial charge in [-0.15, -0.1) is 0 Å². The van der Waals surface area contributed by atoms with Gasteiger partial charge in [0.2, 0.25) is 0 Å². The Morgan fingerprint density at radius 3 is 0.900 bits per heavy atom. The van der Waals surface area contributed by atoms with Crippen molar-refractivity contribution < 1.29 is 26.3 Å². The van der Waals surface area contributed by atoms with Crippen LogP contribution >= 0.6 is 63.7 Å². The molecule has 300 valence electrons. The summed E-state index contributed by atoms with van der Waals surface area (Å²) in [5.74, 6) is 0. The highest BCUT2D eigenvalue weighted by Crippen LogP contribution is 2.38. The van der Waals surface area contributed by atoms with E-state index in [1.165, 1.54) is 24.3 Å². The zero-order valence-electron chi connectivity index (χ0n) is 30.5. The summed E-state index contributed by atoms with van der Waals surface area (Å²) in [5, 5.41) is 2.61. The molecule has 8 aromatic rings. The highest BCUT2D eigenvalue weighted by Gasteiger charge is 2.31. The van der Waals surface area contributed by atoms with Crippen LogP contribution in [0.4, 0.5) is 26.3 Å². The van der Waals surface area contributed by atoms with Crippen LogP contribution in [0.15, 0.2) is 151 Å². The van der Waals surface area contributed by atoms with E-state index in [0.717, 1.165) is 64.4 Å². The Kier molecular flexibility index (Phi) is 10.4. The second-order valence-electron chi connectivity index (χ2n) is 14.0. The molecule has 0 unspecified atom stereocenters. The van der Waals surface area contributed by atoms with E-state index in [2.05, 4.69) is 83.7 Å². The van der Waals surface area contributed by atoms with Crippen LogP contribution in [0.2, 0.25) is 0 Å². The summed E-state index contributed by atoms with van der Waals surface area (Å²) in [4.78, 5) is 14.4. The summed E-state index contributed by atoms with van der Waals surface area (Å²) in [6.07, 6.45) is -9.03. The molecule has 4 aromatic heterocycles. The average Bonchev–Trinajstić information content (AvgIpc) is 4.04. The predicted molar refractivity (Wildman–Crippen MR) is 235 cm³/mol. The van der Waals surface area contributed by atoms with E-state index in [1.807, 2.05) is 84.9 Å². The van der Waals surface area contributed by atoms with Gasteiger partial charge in [0.15, 0.2) is 0 Å². The Labute approximate surface area is 371 Å². The highest BCUT2D eigenvalue weighted by molar-refractivity contribution is 9.11. The number of halogens is 10. The number of alkyl halides is 6.